The van der Waals surface area contributed by atoms with E-state index in [0.717, 1.165) is 53.0 Å². The highest BCUT2D eigenvalue weighted by molar-refractivity contribution is 6.32. The average molecular weight is 945 g/mol. The third-order valence-electron chi connectivity index (χ3n) is 12.4. The van der Waals surface area contributed by atoms with Gasteiger partial charge >= 0.3 is 6.09 Å². The predicted molar refractivity (Wildman–Crippen MR) is 242 cm³/mol. The smallest absolute Gasteiger partial charge is 0.410 e. The van der Waals surface area contributed by atoms with Gasteiger partial charge in [-0.2, -0.15) is 0 Å². The van der Waals surface area contributed by atoms with Crippen molar-refractivity contribution in [2.75, 3.05) is 60.4 Å². The maximum absolute atomic E-state index is 14.9. The van der Waals surface area contributed by atoms with Gasteiger partial charge in [-0.3, -0.25) is 9.59 Å². The Morgan fingerprint density at radius 2 is 1.64 bits per heavy atom. The molecule has 5 unspecified atom stereocenters. The quantitative estimate of drug-likeness (QED) is 0.0401. The first kappa shape index (κ1) is 51.7. The van der Waals surface area contributed by atoms with Crippen molar-refractivity contribution in [3.05, 3.63) is 104 Å². The number of halogens is 3. The molecule has 1 N–H and O–H groups in total. The number of aryl methyl sites for hydroxylation is 2. The van der Waals surface area contributed by atoms with Gasteiger partial charge in [0, 0.05) is 43.6 Å². The molecule has 5 atom stereocenters. The minimum atomic E-state index is -0.915. The van der Waals surface area contributed by atoms with Crippen LogP contribution in [-0.4, -0.2) is 111 Å². The standard InChI is InChI=1S/C46H57ClF2N4O11.C2H6/c1-29-24-33(11-16-38(29)60-4)28-51(35-12-13-35)44(55)30(2)42-46(26-32-9-7-31(8-10-32)6-5-18-62-41-37(49)15-14-36(48)40(41)47)27-34(43(54)50-17-19-59-3)25-39(46)52(42)45(56)63-22-20-61-21-23-64-53(57)58;1-2/h7-11,14-16,24,30,34-35,39,42H,5-6,12-13,17-23,25-28H2,1-4H3,(H,50,54);1-2H3. The Kier molecular flexibility index (Phi) is 19.2. The minimum absolute atomic E-state index is 0.0369. The van der Waals surface area contributed by atoms with Crippen molar-refractivity contribution in [1.82, 2.24) is 15.1 Å². The van der Waals surface area contributed by atoms with Crippen molar-refractivity contribution in [2.45, 2.75) is 97.3 Å². The van der Waals surface area contributed by atoms with Gasteiger partial charge in [-0.05, 0) is 92.3 Å². The minimum Gasteiger partial charge on any atom is -0.496 e. The third-order valence-corrected chi connectivity index (χ3v) is 12.8. The molecule has 3 amide bonds. The number of hydrogen-bond donors (Lipinski definition) is 1. The summed E-state index contributed by atoms with van der Waals surface area (Å²) in [4.78, 5) is 61.2. The number of fused-ring (bicyclic) bond motifs is 1. The Morgan fingerprint density at radius 1 is 0.955 bits per heavy atom. The molecule has 3 fully saturated rings. The number of rotatable bonds is 24. The molecule has 2 aliphatic carbocycles. The zero-order chi connectivity index (χ0) is 48.0. The summed E-state index contributed by atoms with van der Waals surface area (Å²) < 4.78 is 55.4. The van der Waals surface area contributed by atoms with Gasteiger partial charge in [-0.25, -0.2) is 13.6 Å². The van der Waals surface area contributed by atoms with Crippen LogP contribution in [0.1, 0.15) is 75.1 Å². The number of ether oxygens (including phenoxy) is 5. The second-order valence-corrected chi connectivity index (χ2v) is 17.1. The van der Waals surface area contributed by atoms with Gasteiger partial charge in [0.25, 0.3) is 5.09 Å². The van der Waals surface area contributed by atoms with E-state index in [-0.39, 0.29) is 56.6 Å². The number of benzene rings is 3. The Bertz CT molecular complexity index is 2110. The predicted octanol–water partition coefficient (Wildman–Crippen LogP) is 7.92. The van der Waals surface area contributed by atoms with E-state index in [1.807, 2.05) is 75.1 Å². The van der Waals surface area contributed by atoms with Crippen LogP contribution >= 0.6 is 11.6 Å². The summed E-state index contributed by atoms with van der Waals surface area (Å²) >= 11 is 5.92. The van der Waals surface area contributed by atoms with E-state index in [0.29, 0.717) is 51.8 Å². The van der Waals surface area contributed by atoms with Gasteiger partial charge in [0.2, 0.25) is 11.8 Å². The Hall–Kier alpha value is -5.26. The molecule has 3 aliphatic rings. The lowest BCUT2D eigenvalue weighted by molar-refractivity contribution is -0.758. The van der Waals surface area contributed by atoms with Crippen LogP contribution in [0.3, 0.4) is 0 Å². The maximum Gasteiger partial charge on any atom is 0.410 e. The highest BCUT2D eigenvalue weighted by Gasteiger charge is 2.69. The van der Waals surface area contributed by atoms with Crippen LogP contribution < -0.4 is 14.8 Å². The van der Waals surface area contributed by atoms with Crippen LogP contribution in [-0.2, 0) is 48.0 Å². The molecule has 0 radical (unpaired) electrons. The molecule has 0 bridgehead atoms. The number of nitrogens with zero attached hydrogens (tertiary/aromatic N) is 3. The fraction of sp³-hybridized carbons (Fsp3) is 0.562. The number of amides is 3. The molecule has 66 heavy (non-hydrogen) atoms. The van der Waals surface area contributed by atoms with Crippen molar-refractivity contribution in [3.8, 4) is 11.5 Å². The van der Waals surface area contributed by atoms with Gasteiger partial charge in [0.1, 0.15) is 29.8 Å². The molecule has 1 saturated heterocycles. The van der Waals surface area contributed by atoms with E-state index in [1.54, 1.807) is 19.1 Å². The normalized spacial score (nSPS) is 19.9. The summed E-state index contributed by atoms with van der Waals surface area (Å²) in [6, 6.07) is 14.7. The van der Waals surface area contributed by atoms with Crippen LogP contribution in [0.15, 0.2) is 54.6 Å². The van der Waals surface area contributed by atoms with Crippen LogP contribution in [0.5, 0.6) is 11.5 Å². The van der Waals surface area contributed by atoms with E-state index in [4.69, 9.17) is 35.3 Å². The lowest BCUT2D eigenvalue weighted by atomic mass is 9.59. The average Bonchev–Trinajstić information content (AvgIpc) is 4.10. The molecule has 0 aromatic heterocycles. The zero-order valence-electron chi connectivity index (χ0n) is 38.7. The van der Waals surface area contributed by atoms with Crippen LogP contribution in [0, 0.1) is 45.9 Å². The lowest BCUT2D eigenvalue weighted by Crippen LogP contribution is -2.74. The molecule has 2 saturated carbocycles. The summed E-state index contributed by atoms with van der Waals surface area (Å²) in [5.74, 6) is -2.50. The number of likely N-dealkylation sites (tertiary alicyclic amines) is 1. The topological polar surface area (TPSA) is 168 Å². The first-order valence-electron chi connectivity index (χ1n) is 22.6. The maximum atomic E-state index is 14.9. The van der Waals surface area contributed by atoms with Crippen molar-refractivity contribution >= 4 is 29.5 Å². The number of hydrogen-bond acceptors (Lipinski definition) is 11. The fourth-order valence-corrected chi connectivity index (χ4v) is 9.62. The van der Waals surface area contributed by atoms with Gasteiger partial charge in [-0.15, -0.1) is 10.1 Å². The van der Waals surface area contributed by atoms with E-state index in [2.05, 4.69) is 10.2 Å². The van der Waals surface area contributed by atoms with E-state index in [1.165, 1.54) is 0 Å². The van der Waals surface area contributed by atoms with Crippen molar-refractivity contribution < 1.29 is 56.8 Å². The number of methoxy groups -OCH3 is 2. The third kappa shape index (κ3) is 12.8. The zero-order valence-corrected chi connectivity index (χ0v) is 39.4. The molecule has 0 spiro atoms. The summed E-state index contributed by atoms with van der Waals surface area (Å²) in [6.07, 6.45) is 3.40. The van der Waals surface area contributed by atoms with E-state index < -0.39 is 57.2 Å². The number of carbonyl (C=O) groups is 3. The molecule has 18 heteroatoms. The molecular formula is C48H63ClF2N4O11. The lowest BCUT2D eigenvalue weighted by Gasteiger charge is -2.62. The van der Waals surface area contributed by atoms with E-state index in [9.17, 15) is 33.3 Å². The van der Waals surface area contributed by atoms with Crippen LogP contribution in [0.2, 0.25) is 5.02 Å². The van der Waals surface area contributed by atoms with Gasteiger partial charge in [0.15, 0.2) is 11.6 Å². The summed E-state index contributed by atoms with van der Waals surface area (Å²) in [7, 11) is 3.17. The van der Waals surface area contributed by atoms with Gasteiger partial charge in [0.05, 0.1) is 45.5 Å². The second kappa shape index (κ2) is 24.5. The monoisotopic (exact) mass is 944 g/mol. The van der Waals surface area contributed by atoms with Gasteiger partial charge < -0.3 is 43.6 Å². The molecule has 1 aliphatic heterocycles. The van der Waals surface area contributed by atoms with Crippen LogP contribution in [0.25, 0.3) is 0 Å². The molecule has 1 heterocycles. The Morgan fingerprint density at radius 3 is 2.30 bits per heavy atom. The summed E-state index contributed by atoms with van der Waals surface area (Å²) in [6.45, 7) is 8.42. The van der Waals surface area contributed by atoms with Crippen LogP contribution in [0.4, 0.5) is 13.6 Å². The van der Waals surface area contributed by atoms with Gasteiger partial charge in [-0.1, -0.05) is 68.8 Å². The number of carbonyl (C=O) groups excluding carboxylic acids is 3. The fourth-order valence-electron chi connectivity index (χ4n) is 9.41. The van der Waals surface area contributed by atoms with Crippen molar-refractivity contribution in [1.29, 1.82) is 0 Å². The highest BCUT2D eigenvalue weighted by atomic mass is 35.5. The molecule has 3 aromatic carbocycles. The number of nitrogens with one attached hydrogen (secondary N) is 1. The SMILES string of the molecule is CC.COCCNC(=O)C1CC2N(C(=O)OCCOCCO[N+](=O)[O-])C(C(C)C(=O)N(Cc3ccc(OC)c(C)c3)C3CC3)C2(Cc2ccc(CCCOc3c(F)ccc(F)c3Cl)cc2)C1. The second-order valence-electron chi connectivity index (χ2n) is 16.7. The van der Waals surface area contributed by atoms with Crippen molar-refractivity contribution in [2.24, 2.45) is 17.3 Å². The molecular weight excluding hydrogens is 882 g/mol. The summed E-state index contributed by atoms with van der Waals surface area (Å²) in [5, 5.41) is 12.2. The molecule has 362 valence electrons. The first-order valence-corrected chi connectivity index (χ1v) is 23.0. The molecule has 6 rings (SSSR count). The Labute approximate surface area is 390 Å². The highest BCUT2D eigenvalue weighted by Crippen LogP contribution is 2.61. The first-order chi connectivity index (χ1) is 31.8. The molecule has 15 nitrogen and oxygen atoms in total. The van der Waals surface area contributed by atoms with Crippen molar-refractivity contribution in [3.63, 3.8) is 0 Å². The van der Waals surface area contributed by atoms with E-state index >= 15 is 0 Å². The Balaban J connectivity index is 0.00000403. The summed E-state index contributed by atoms with van der Waals surface area (Å²) in [5.41, 5.74) is 3.15. The largest absolute Gasteiger partial charge is 0.496 e. The molecule has 3 aromatic rings.